The fourth-order valence-corrected chi connectivity index (χ4v) is 4.20. The van der Waals surface area contributed by atoms with Gasteiger partial charge in [0.05, 0.1) is 32.9 Å². The van der Waals surface area contributed by atoms with Crippen LogP contribution in [0.4, 0.5) is 17.1 Å². The largest absolute Gasteiger partial charge is 0.295 e. The molecule has 3 aromatic carbocycles. The van der Waals surface area contributed by atoms with Crippen molar-refractivity contribution in [3.63, 3.8) is 0 Å². The summed E-state index contributed by atoms with van der Waals surface area (Å²) in [5.41, 5.74) is 6.11. The smallest absolute Gasteiger partial charge is 0.279 e. The standard InChI is InChI=1S/C23H21N5O4S/c1-15-4-10-21(16(2)12-15)27-33(31,32)20-9-11-22(23(13-20)28(29)30)26-25-17(3)19-7-5-18(14-24)6-8-19/h4-13,26-27H,1-3H3. The Morgan fingerprint density at radius 2 is 1.70 bits per heavy atom. The summed E-state index contributed by atoms with van der Waals surface area (Å²) >= 11 is 0. The average molecular weight is 464 g/mol. The predicted molar refractivity (Wildman–Crippen MR) is 127 cm³/mol. The van der Waals surface area contributed by atoms with E-state index in [1.807, 2.05) is 19.1 Å². The highest BCUT2D eigenvalue weighted by atomic mass is 32.2. The molecule has 0 unspecified atom stereocenters. The Bertz CT molecular complexity index is 1390. The minimum absolute atomic E-state index is 0.0402. The molecular weight excluding hydrogens is 442 g/mol. The fourth-order valence-electron chi connectivity index (χ4n) is 3.05. The molecule has 0 saturated heterocycles. The molecule has 0 aromatic heterocycles. The third-order valence-electron chi connectivity index (χ3n) is 4.88. The van der Waals surface area contributed by atoms with E-state index in [0.717, 1.165) is 22.8 Å². The van der Waals surface area contributed by atoms with E-state index in [2.05, 4.69) is 15.2 Å². The van der Waals surface area contributed by atoms with Crippen LogP contribution >= 0.6 is 0 Å². The van der Waals surface area contributed by atoms with Gasteiger partial charge in [-0.15, -0.1) is 0 Å². The number of benzene rings is 3. The van der Waals surface area contributed by atoms with Gasteiger partial charge < -0.3 is 0 Å². The van der Waals surface area contributed by atoms with Gasteiger partial charge in [0.25, 0.3) is 15.7 Å². The van der Waals surface area contributed by atoms with Gasteiger partial charge in [0.2, 0.25) is 0 Å². The number of hydrogen-bond donors (Lipinski definition) is 2. The highest BCUT2D eigenvalue weighted by molar-refractivity contribution is 7.92. The molecule has 0 atom stereocenters. The van der Waals surface area contributed by atoms with Gasteiger partial charge in [0, 0.05) is 6.07 Å². The van der Waals surface area contributed by atoms with Crippen LogP contribution in [0, 0.1) is 35.3 Å². The number of nitriles is 1. The van der Waals surface area contributed by atoms with Gasteiger partial charge >= 0.3 is 0 Å². The van der Waals surface area contributed by atoms with Gasteiger partial charge in [-0.3, -0.25) is 20.3 Å². The summed E-state index contributed by atoms with van der Waals surface area (Å²) in [6.45, 7) is 5.37. The summed E-state index contributed by atoms with van der Waals surface area (Å²) < 4.78 is 28.1. The van der Waals surface area contributed by atoms with Gasteiger partial charge in [0.1, 0.15) is 5.69 Å². The number of hydrazone groups is 1. The maximum Gasteiger partial charge on any atom is 0.295 e. The molecule has 0 saturated carbocycles. The van der Waals surface area contributed by atoms with Crippen LogP contribution in [0.25, 0.3) is 0 Å². The molecule has 168 valence electrons. The molecule has 0 heterocycles. The Balaban J connectivity index is 1.88. The number of nitrogens with zero attached hydrogens (tertiary/aromatic N) is 3. The van der Waals surface area contributed by atoms with Crippen LogP contribution in [0.1, 0.15) is 29.2 Å². The molecule has 9 nitrogen and oxygen atoms in total. The van der Waals surface area contributed by atoms with Gasteiger partial charge in [0.15, 0.2) is 0 Å². The molecule has 0 spiro atoms. The van der Waals surface area contributed by atoms with Gasteiger partial charge in [-0.05, 0) is 62.2 Å². The molecular formula is C23H21N5O4S. The zero-order valence-electron chi connectivity index (χ0n) is 18.2. The molecule has 0 aliphatic heterocycles. The zero-order chi connectivity index (χ0) is 24.2. The van der Waals surface area contributed by atoms with Crippen molar-refractivity contribution in [1.29, 1.82) is 5.26 Å². The summed E-state index contributed by atoms with van der Waals surface area (Å²) in [5.74, 6) is 0. The Hall–Kier alpha value is -4.23. The normalized spacial score (nSPS) is 11.5. The lowest BCUT2D eigenvalue weighted by atomic mass is 10.1. The minimum atomic E-state index is -4.05. The van der Waals surface area contributed by atoms with Crippen molar-refractivity contribution in [2.45, 2.75) is 25.7 Å². The van der Waals surface area contributed by atoms with E-state index in [1.165, 1.54) is 12.1 Å². The van der Waals surface area contributed by atoms with Crippen LogP contribution in [0.3, 0.4) is 0 Å². The lowest BCUT2D eigenvalue weighted by Gasteiger charge is -2.12. The molecule has 0 amide bonds. The van der Waals surface area contributed by atoms with Gasteiger partial charge in [-0.25, -0.2) is 8.42 Å². The maximum absolute atomic E-state index is 12.8. The molecule has 10 heteroatoms. The second kappa shape index (κ2) is 9.50. The van der Waals surface area contributed by atoms with Crippen molar-refractivity contribution in [1.82, 2.24) is 0 Å². The second-order valence-corrected chi connectivity index (χ2v) is 9.04. The van der Waals surface area contributed by atoms with Crippen LogP contribution in [0.5, 0.6) is 0 Å². The predicted octanol–water partition coefficient (Wildman–Crippen LogP) is 4.72. The Kier molecular flexibility index (Phi) is 6.75. The minimum Gasteiger partial charge on any atom is -0.279 e. The Morgan fingerprint density at radius 1 is 1.03 bits per heavy atom. The third-order valence-corrected chi connectivity index (χ3v) is 6.24. The first-order chi connectivity index (χ1) is 15.6. The van der Waals surface area contributed by atoms with Crippen molar-refractivity contribution < 1.29 is 13.3 Å². The van der Waals surface area contributed by atoms with Crippen molar-refractivity contribution in [3.8, 4) is 6.07 Å². The first-order valence-corrected chi connectivity index (χ1v) is 11.3. The highest BCUT2D eigenvalue weighted by Crippen LogP contribution is 2.29. The van der Waals surface area contributed by atoms with E-state index in [4.69, 9.17) is 5.26 Å². The number of aryl methyl sites for hydroxylation is 2. The molecule has 0 radical (unpaired) electrons. The number of anilines is 2. The summed E-state index contributed by atoms with van der Waals surface area (Å²) in [7, 11) is -4.05. The van der Waals surface area contributed by atoms with Crippen LogP contribution in [-0.2, 0) is 10.0 Å². The first kappa shape index (κ1) is 23.4. The number of nitro benzene ring substituents is 1. The summed E-state index contributed by atoms with van der Waals surface area (Å²) in [6, 6.07) is 17.5. The summed E-state index contributed by atoms with van der Waals surface area (Å²) in [6.07, 6.45) is 0. The monoisotopic (exact) mass is 463 g/mol. The van der Waals surface area contributed by atoms with E-state index >= 15 is 0 Å². The molecule has 0 aliphatic carbocycles. The Morgan fingerprint density at radius 3 is 2.30 bits per heavy atom. The van der Waals surface area contributed by atoms with Gasteiger partial charge in [-0.1, -0.05) is 29.8 Å². The van der Waals surface area contributed by atoms with E-state index < -0.39 is 20.6 Å². The highest BCUT2D eigenvalue weighted by Gasteiger charge is 2.22. The average Bonchev–Trinajstić information content (AvgIpc) is 2.79. The SMILES string of the molecule is CC(=NNc1ccc(S(=O)(=O)Nc2ccc(C)cc2C)cc1[N+](=O)[O-])c1ccc(C#N)cc1. The Labute approximate surface area is 191 Å². The number of nitro groups is 1. The lowest BCUT2D eigenvalue weighted by molar-refractivity contribution is -0.384. The first-order valence-electron chi connectivity index (χ1n) is 9.80. The van der Waals surface area contributed by atoms with Crippen molar-refractivity contribution in [2.24, 2.45) is 5.10 Å². The van der Waals surface area contributed by atoms with Crippen molar-refractivity contribution >= 4 is 32.8 Å². The van der Waals surface area contributed by atoms with E-state index in [9.17, 15) is 18.5 Å². The quantitative estimate of drug-likeness (QED) is 0.295. The number of sulfonamides is 1. The molecule has 0 fully saturated rings. The fraction of sp³-hybridized carbons (Fsp3) is 0.130. The van der Waals surface area contributed by atoms with Crippen molar-refractivity contribution in [2.75, 3.05) is 10.1 Å². The summed E-state index contributed by atoms with van der Waals surface area (Å²) in [4.78, 5) is 10.7. The number of rotatable bonds is 7. The molecule has 0 aliphatic rings. The second-order valence-electron chi connectivity index (χ2n) is 7.36. The van der Waals surface area contributed by atoms with Crippen LogP contribution in [0.15, 0.2) is 70.7 Å². The van der Waals surface area contributed by atoms with Crippen LogP contribution < -0.4 is 10.1 Å². The van der Waals surface area contributed by atoms with E-state index in [1.54, 1.807) is 50.2 Å². The lowest BCUT2D eigenvalue weighted by Crippen LogP contribution is -2.14. The molecule has 3 rings (SSSR count). The molecule has 2 N–H and O–H groups in total. The van der Waals surface area contributed by atoms with E-state index in [0.29, 0.717) is 17.0 Å². The molecule has 33 heavy (non-hydrogen) atoms. The number of nitrogens with one attached hydrogen (secondary N) is 2. The van der Waals surface area contributed by atoms with Crippen LogP contribution in [0.2, 0.25) is 0 Å². The molecule has 0 bridgehead atoms. The zero-order valence-corrected chi connectivity index (χ0v) is 19.0. The van der Waals surface area contributed by atoms with E-state index in [-0.39, 0.29) is 10.6 Å². The van der Waals surface area contributed by atoms with Crippen LogP contribution in [-0.4, -0.2) is 19.1 Å². The number of hydrogen-bond acceptors (Lipinski definition) is 7. The molecule has 3 aromatic rings. The topological polar surface area (TPSA) is 137 Å². The summed E-state index contributed by atoms with van der Waals surface area (Å²) in [5, 5.41) is 24.6. The van der Waals surface area contributed by atoms with Gasteiger partial charge in [-0.2, -0.15) is 10.4 Å². The third kappa shape index (κ3) is 5.53. The van der Waals surface area contributed by atoms with Crippen molar-refractivity contribution in [3.05, 3.63) is 93.0 Å². The maximum atomic E-state index is 12.8.